The van der Waals surface area contributed by atoms with E-state index in [9.17, 15) is 0 Å². The van der Waals surface area contributed by atoms with E-state index >= 15 is 0 Å². The number of hydrogen-bond donors (Lipinski definition) is 0. The monoisotopic (exact) mass is 651 g/mol. The van der Waals surface area contributed by atoms with E-state index in [1.54, 1.807) is 0 Å². The van der Waals surface area contributed by atoms with Crippen LogP contribution in [0.25, 0.3) is 66.6 Å². The second-order valence-corrected chi connectivity index (χ2v) is 15.2. The van der Waals surface area contributed by atoms with Gasteiger partial charge in [-0.05, 0) is 99.6 Å². The fourth-order valence-electron chi connectivity index (χ4n) is 7.59. The predicted molar refractivity (Wildman–Crippen MR) is 200 cm³/mol. The molecule has 0 spiro atoms. The van der Waals surface area contributed by atoms with E-state index in [1.807, 2.05) is 47.9 Å². The lowest BCUT2D eigenvalue weighted by molar-refractivity contribution is 0.659. The number of nitrogens with zero attached hydrogens (tertiary/aromatic N) is 1. The summed E-state index contributed by atoms with van der Waals surface area (Å²) in [7, 11) is 0. The molecule has 4 heteroatoms. The van der Waals surface area contributed by atoms with Crippen molar-refractivity contribution >= 4 is 45.5 Å². The zero-order chi connectivity index (χ0) is 32.0. The summed E-state index contributed by atoms with van der Waals surface area (Å²) in [5.74, 6) is 0. The molecule has 3 heterocycles. The first-order valence-corrected chi connectivity index (χ1v) is 17.9. The maximum atomic E-state index is 6.26. The summed E-state index contributed by atoms with van der Waals surface area (Å²) in [6, 6.07) is 48.3. The minimum absolute atomic E-state index is 0.0122. The van der Waals surface area contributed by atoms with E-state index in [2.05, 4.69) is 134 Å². The highest BCUT2D eigenvalue weighted by Crippen LogP contribution is 2.59. The number of benzene rings is 6. The summed E-state index contributed by atoms with van der Waals surface area (Å²) in [5, 5.41) is 2.22. The van der Waals surface area contributed by atoms with Crippen LogP contribution in [0.2, 0.25) is 0 Å². The van der Waals surface area contributed by atoms with Crippen molar-refractivity contribution in [1.29, 1.82) is 0 Å². The zero-order valence-corrected chi connectivity index (χ0v) is 28.1. The molecule has 2 nitrogen and oxygen atoms in total. The Morgan fingerprint density at radius 1 is 0.521 bits per heavy atom. The van der Waals surface area contributed by atoms with Crippen LogP contribution in [0, 0.1) is 0 Å². The molecule has 0 N–H and O–H groups in total. The standard InChI is InChI=1S/C44H29NOS2/c1-44(2)34-13-4-3-11-31(34)41-35(44)18-21-40-43(41)48-42-30(12-8-15-39(42)47-40)28-10-7-9-26(23-28)27-16-19-37-32(24-27)33-25-29(17-20-38(33)46-37)36-14-5-6-22-45-36/h3-25H,1-2H3. The van der Waals surface area contributed by atoms with Crippen molar-refractivity contribution in [2.24, 2.45) is 0 Å². The van der Waals surface area contributed by atoms with Crippen LogP contribution in [0.5, 0.6) is 0 Å². The molecule has 0 saturated carbocycles. The summed E-state index contributed by atoms with van der Waals surface area (Å²) in [6.07, 6.45) is 1.84. The predicted octanol–water partition coefficient (Wildman–Crippen LogP) is 12.9. The van der Waals surface area contributed by atoms with Gasteiger partial charge in [-0.3, -0.25) is 4.98 Å². The first-order chi connectivity index (χ1) is 23.5. The molecule has 10 rings (SSSR count). The summed E-state index contributed by atoms with van der Waals surface area (Å²) < 4.78 is 6.26. The third kappa shape index (κ3) is 4.19. The van der Waals surface area contributed by atoms with Crippen LogP contribution in [-0.4, -0.2) is 4.98 Å². The molecule has 6 aromatic carbocycles. The molecule has 0 unspecified atom stereocenters. The van der Waals surface area contributed by atoms with Gasteiger partial charge in [0.1, 0.15) is 11.2 Å². The van der Waals surface area contributed by atoms with Crippen molar-refractivity contribution in [2.75, 3.05) is 0 Å². The molecule has 2 aliphatic rings. The quantitative estimate of drug-likeness (QED) is 0.190. The maximum Gasteiger partial charge on any atom is 0.135 e. The fourth-order valence-corrected chi connectivity index (χ4v) is 10.2. The van der Waals surface area contributed by atoms with Gasteiger partial charge in [0, 0.05) is 53.1 Å². The second kappa shape index (κ2) is 10.5. The lowest BCUT2D eigenvalue weighted by Gasteiger charge is -2.25. The minimum Gasteiger partial charge on any atom is -0.456 e. The van der Waals surface area contributed by atoms with Gasteiger partial charge in [0.15, 0.2) is 0 Å². The molecule has 0 amide bonds. The van der Waals surface area contributed by atoms with E-state index in [0.717, 1.165) is 33.2 Å². The van der Waals surface area contributed by atoms with Gasteiger partial charge >= 0.3 is 0 Å². The molecule has 228 valence electrons. The van der Waals surface area contributed by atoms with Crippen molar-refractivity contribution in [2.45, 2.75) is 38.8 Å². The van der Waals surface area contributed by atoms with E-state index in [-0.39, 0.29) is 5.41 Å². The van der Waals surface area contributed by atoms with E-state index < -0.39 is 0 Å². The molecular formula is C44H29NOS2. The lowest BCUT2D eigenvalue weighted by atomic mass is 9.82. The Balaban J connectivity index is 1.06. The molecule has 0 fully saturated rings. The molecule has 0 saturated heterocycles. The van der Waals surface area contributed by atoms with Gasteiger partial charge in [0.05, 0.1) is 5.69 Å². The molecule has 0 atom stereocenters. The first kappa shape index (κ1) is 28.0. The lowest BCUT2D eigenvalue weighted by Crippen LogP contribution is -2.14. The fraction of sp³-hybridized carbons (Fsp3) is 0.0682. The Bertz CT molecular complexity index is 2600. The smallest absolute Gasteiger partial charge is 0.135 e. The molecule has 2 aromatic heterocycles. The molecule has 1 aliphatic carbocycles. The van der Waals surface area contributed by atoms with Crippen LogP contribution in [0.4, 0.5) is 0 Å². The topological polar surface area (TPSA) is 26.0 Å². The summed E-state index contributed by atoms with van der Waals surface area (Å²) in [4.78, 5) is 9.94. The maximum absolute atomic E-state index is 6.26. The van der Waals surface area contributed by atoms with E-state index in [0.29, 0.717) is 0 Å². The molecule has 0 radical (unpaired) electrons. The van der Waals surface area contributed by atoms with Crippen LogP contribution in [-0.2, 0) is 5.41 Å². The highest BCUT2D eigenvalue weighted by molar-refractivity contribution is 8.05. The number of pyridine rings is 1. The number of fused-ring (bicyclic) bond motifs is 9. The normalized spacial score (nSPS) is 14.0. The number of furan rings is 1. The number of hydrogen-bond acceptors (Lipinski definition) is 4. The second-order valence-electron chi connectivity index (χ2n) is 13.1. The molecule has 0 bridgehead atoms. The summed E-state index contributed by atoms with van der Waals surface area (Å²) in [5.41, 5.74) is 14.3. The van der Waals surface area contributed by atoms with E-state index in [4.69, 9.17) is 4.42 Å². The van der Waals surface area contributed by atoms with Gasteiger partial charge in [0.25, 0.3) is 0 Å². The van der Waals surface area contributed by atoms with Crippen LogP contribution in [0.15, 0.2) is 164 Å². The third-order valence-corrected chi connectivity index (χ3v) is 12.7. The average molecular weight is 652 g/mol. The van der Waals surface area contributed by atoms with Crippen molar-refractivity contribution in [3.05, 3.63) is 151 Å². The van der Waals surface area contributed by atoms with Gasteiger partial charge in [-0.2, -0.15) is 0 Å². The Hall–Kier alpha value is -5.03. The van der Waals surface area contributed by atoms with Crippen LogP contribution < -0.4 is 0 Å². The van der Waals surface area contributed by atoms with Gasteiger partial charge in [-0.1, -0.05) is 110 Å². The molecular weight excluding hydrogens is 623 g/mol. The van der Waals surface area contributed by atoms with Crippen molar-refractivity contribution in [3.63, 3.8) is 0 Å². The SMILES string of the molecule is CC1(C)c2ccccc2-c2c1ccc1c2Sc2c(cccc2-c2cccc(-c3ccc4oc5ccc(-c6ccccn6)cc5c4c3)c2)S1. The van der Waals surface area contributed by atoms with Crippen LogP contribution in [0.1, 0.15) is 25.0 Å². The Kier molecular flexibility index (Phi) is 6.12. The van der Waals surface area contributed by atoms with E-state index in [1.165, 1.54) is 64.1 Å². The van der Waals surface area contributed by atoms with Gasteiger partial charge in [-0.25, -0.2) is 0 Å². The van der Waals surface area contributed by atoms with Crippen LogP contribution >= 0.6 is 23.5 Å². The largest absolute Gasteiger partial charge is 0.456 e. The third-order valence-electron chi connectivity index (χ3n) is 10.0. The summed E-state index contributed by atoms with van der Waals surface area (Å²) >= 11 is 3.84. The van der Waals surface area contributed by atoms with Crippen molar-refractivity contribution in [1.82, 2.24) is 4.98 Å². The Morgan fingerprint density at radius 3 is 2.08 bits per heavy atom. The van der Waals surface area contributed by atoms with Crippen molar-refractivity contribution in [3.8, 4) is 44.6 Å². The Labute approximate surface area is 287 Å². The highest BCUT2D eigenvalue weighted by atomic mass is 32.2. The minimum atomic E-state index is -0.0122. The number of rotatable bonds is 3. The summed E-state index contributed by atoms with van der Waals surface area (Å²) in [6.45, 7) is 4.72. The van der Waals surface area contributed by atoms with Crippen LogP contribution in [0.3, 0.4) is 0 Å². The molecule has 48 heavy (non-hydrogen) atoms. The van der Waals surface area contributed by atoms with Gasteiger partial charge in [-0.15, -0.1) is 0 Å². The van der Waals surface area contributed by atoms with Gasteiger partial charge < -0.3 is 4.42 Å². The van der Waals surface area contributed by atoms with Crippen molar-refractivity contribution < 1.29 is 4.42 Å². The highest BCUT2D eigenvalue weighted by Gasteiger charge is 2.38. The van der Waals surface area contributed by atoms with Gasteiger partial charge in [0.2, 0.25) is 0 Å². The number of aromatic nitrogens is 1. The first-order valence-electron chi connectivity index (χ1n) is 16.3. The molecule has 8 aromatic rings. The molecule has 1 aliphatic heterocycles. The zero-order valence-electron chi connectivity index (χ0n) is 26.5. The average Bonchev–Trinajstić information content (AvgIpc) is 3.62. The Morgan fingerprint density at radius 2 is 1.23 bits per heavy atom.